The molecule has 0 spiro atoms. The van der Waals surface area contributed by atoms with E-state index in [1.807, 2.05) is 12.1 Å². The smallest absolute Gasteiger partial charge is 0.262 e. The SMILES string of the molecule is Cn1cnc(S(=O)(=O)N2CC(Nc3ccncc3)C(c3ccc(F)cc3)C2)c1. The number of nitrogens with one attached hydrogen (secondary N) is 1. The number of hydrogen-bond acceptors (Lipinski definition) is 5. The van der Waals surface area contributed by atoms with Gasteiger partial charge >= 0.3 is 0 Å². The molecule has 1 fully saturated rings. The molecule has 1 saturated heterocycles. The van der Waals surface area contributed by atoms with Crippen molar-refractivity contribution in [3.63, 3.8) is 0 Å². The number of anilines is 1. The largest absolute Gasteiger partial charge is 0.380 e. The van der Waals surface area contributed by atoms with E-state index in [1.165, 1.54) is 29.0 Å². The Morgan fingerprint density at radius 1 is 1.11 bits per heavy atom. The van der Waals surface area contributed by atoms with Crippen LogP contribution in [0.3, 0.4) is 0 Å². The molecule has 0 saturated carbocycles. The van der Waals surface area contributed by atoms with Crippen LogP contribution in [0.1, 0.15) is 11.5 Å². The maximum Gasteiger partial charge on any atom is 0.262 e. The van der Waals surface area contributed by atoms with E-state index >= 15 is 0 Å². The van der Waals surface area contributed by atoms with Crippen LogP contribution in [0, 0.1) is 5.82 Å². The monoisotopic (exact) mass is 401 g/mol. The van der Waals surface area contributed by atoms with Crippen LogP contribution >= 0.6 is 0 Å². The molecule has 4 rings (SSSR count). The number of imidazole rings is 1. The van der Waals surface area contributed by atoms with Crippen LogP contribution in [0.2, 0.25) is 0 Å². The van der Waals surface area contributed by atoms with Gasteiger partial charge < -0.3 is 9.88 Å². The lowest BCUT2D eigenvalue weighted by molar-refractivity contribution is 0.468. The molecule has 2 unspecified atom stereocenters. The van der Waals surface area contributed by atoms with Crippen molar-refractivity contribution in [3.05, 3.63) is 72.7 Å². The highest BCUT2D eigenvalue weighted by atomic mass is 32.2. The Morgan fingerprint density at radius 3 is 2.46 bits per heavy atom. The number of aryl methyl sites for hydroxylation is 1. The summed E-state index contributed by atoms with van der Waals surface area (Å²) in [7, 11) is -1.99. The van der Waals surface area contributed by atoms with E-state index in [9.17, 15) is 12.8 Å². The van der Waals surface area contributed by atoms with Gasteiger partial charge in [-0.3, -0.25) is 4.98 Å². The molecule has 1 aromatic carbocycles. The lowest BCUT2D eigenvalue weighted by atomic mass is 9.94. The third-order valence-electron chi connectivity index (χ3n) is 4.90. The van der Waals surface area contributed by atoms with Gasteiger partial charge in [0.05, 0.1) is 6.33 Å². The van der Waals surface area contributed by atoms with Crippen molar-refractivity contribution in [2.45, 2.75) is 17.0 Å². The molecule has 146 valence electrons. The van der Waals surface area contributed by atoms with Crippen LogP contribution < -0.4 is 5.32 Å². The molecule has 0 bridgehead atoms. The zero-order valence-electron chi connectivity index (χ0n) is 15.2. The van der Waals surface area contributed by atoms with E-state index < -0.39 is 10.0 Å². The number of rotatable bonds is 5. The van der Waals surface area contributed by atoms with Crippen LogP contribution in [0.15, 0.2) is 66.3 Å². The van der Waals surface area contributed by atoms with Crippen LogP contribution in [0.25, 0.3) is 0 Å². The average molecular weight is 401 g/mol. The van der Waals surface area contributed by atoms with Gasteiger partial charge in [0.1, 0.15) is 5.82 Å². The quantitative estimate of drug-likeness (QED) is 0.709. The second kappa shape index (κ2) is 7.33. The fraction of sp³-hybridized carbons (Fsp3) is 0.263. The molecule has 28 heavy (non-hydrogen) atoms. The Bertz CT molecular complexity index is 1050. The summed E-state index contributed by atoms with van der Waals surface area (Å²) in [6.45, 7) is 0.566. The summed E-state index contributed by atoms with van der Waals surface area (Å²) in [6.07, 6.45) is 6.30. The molecule has 1 N–H and O–H groups in total. The Morgan fingerprint density at radius 2 is 1.82 bits per heavy atom. The summed E-state index contributed by atoms with van der Waals surface area (Å²) >= 11 is 0. The Labute approximate surface area is 162 Å². The predicted molar refractivity (Wildman–Crippen MR) is 103 cm³/mol. The molecule has 3 aromatic rings. The number of pyridine rings is 1. The van der Waals surface area contributed by atoms with Crippen molar-refractivity contribution < 1.29 is 12.8 Å². The van der Waals surface area contributed by atoms with Crippen molar-refractivity contribution in [1.82, 2.24) is 18.8 Å². The van der Waals surface area contributed by atoms with Crippen LogP contribution in [-0.4, -0.2) is 46.4 Å². The van der Waals surface area contributed by atoms with E-state index in [2.05, 4.69) is 15.3 Å². The second-order valence-electron chi connectivity index (χ2n) is 6.84. The Kier molecular flexibility index (Phi) is 4.86. The van der Waals surface area contributed by atoms with Gasteiger partial charge in [0.25, 0.3) is 10.0 Å². The van der Waals surface area contributed by atoms with Crippen molar-refractivity contribution in [1.29, 1.82) is 0 Å². The molecule has 2 atom stereocenters. The summed E-state index contributed by atoms with van der Waals surface area (Å²) in [4.78, 5) is 8.01. The standard InChI is InChI=1S/C19H20FN5O2S/c1-24-12-19(22-13-24)28(26,27)25-10-17(14-2-4-15(20)5-3-14)18(11-25)23-16-6-8-21-9-7-16/h2-9,12-13,17-18H,10-11H2,1H3,(H,21,23). The maximum absolute atomic E-state index is 13.4. The van der Waals surface area contributed by atoms with Crippen molar-refractivity contribution in [3.8, 4) is 0 Å². The lowest BCUT2D eigenvalue weighted by Gasteiger charge is -2.21. The normalized spacial score (nSPS) is 20.4. The highest BCUT2D eigenvalue weighted by molar-refractivity contribution is 7.89. The van der Waals surface area contributed by atoms with E-state index in [1.54, 1.807) is 36.1 Å². The number of nitrogens with zero attached hydrogens (tertiary/aromatic N) is 4. The van der Waals surface area contributed by atoms with Crippen molar-refractivity contribution in [2.24, 2.45) is 7.05 Å². The summed E-state index contributed by atoms with van der Waals surface area (Å²) < 4.78 is 42.5. The van der Waals surface area contributed by atoms with Gasteiger partial charge in [-0.2, -0.15) is 4.31 Å². The Balaban J connectivity index is 1.65. The molecule has 3 heterocycles. The molecule has 1 aliphatic rings. The molecule has 7 nitrogen and oxygen atoms in total. The topological polar surface area (TPSA) is 80.1 Å². The van der Waals surface area contributed by atoms with E-state index in [-0.39, 0.29) is 35.9 Å². The fourth-order valence-corrected chi connectivity index (χ4v) is 4.93. The summed E-state index contributed by atoms with van der Waals surface area (Å²) in [6, 6.07) is 9.70. The molecule has 0 amide bonds. The van der Waals surface area contributed by atoms with E-state index in [0.717, 1.165) is 11.3 Å². The average Bonchev–Trinajstić information content (AvgIpc) is 3.31. The van der Waals surface area contributed by atoms with Crippen molar-refractivity contribution >= 4 is 15.7 Å². The van der Waals surface area contributed by atoms with Gasteiger partial charge in [0.2, 0.25) is 0 Å². The molecule has 1 aliphatic heterocycles. The van der Waals surface area contributed by atoms with Crippen LogP contribution in [0.4, 0.5) is 10.1 Å². The summed E-state index contributed by atoms with van der Waals surface area (Å²) in [5, 5.41) is 3.42. The second-order valence-corrected chi connectivity index (χ2v) is 8.73. The number of halogens is 1. The molecular weight excluding hydrogens is 381 g/mol. The first-order valence-corrected chi connectivity index (χ1v) is 10.3. The van der Waals surface area contributed by atoms with E-state index in [4.69, 9.17) is 0 Å². The first-order chi connectivity index (χ1) is 13.4. The molecule has 0 radical (unpaired) electrons. The zero-order chi connectivity index (χ0) is 19.7. The van der Waals surface area contributed by atoms with Crippen LogP contribution in [0.5, 0.6) is 0 Å². The third-order valence-corrected chi connectivity index (χ3v) is 6.62. The van der Waals surface area contributed by atoms with Crippen molar-refractivity contribution in [2.75, 3.05) is 18.4 Å². The van der Waals surface area contributed by atoms with Gasteiger partial charge in [0.15, 0.2) is 5.03 Å². The number of aromatic nitrogens is 3. The third kappa shape index (κ3) is 3.63. The summed E-state index contributed by atoms with van der Waals surface area (Å²) in [5.41, 5.74) is 1.73. The maximum atomic E-state index is 13.4. The number of benzene rings is 1. The minimum absolute atomic E-state index is 0.0254. The minimum atomic E-state index is -3.72. The van der Waals surface area contributed by atoms with Gasteiger partial charge in [0, 0.05) is 56.4 Å². The van der Waals surface area contributed by atoms with Gasteiger partial charge in [-0.05, 0) is 29.8 Å². The fourth-order valence-electron chi connectivity index (χ4n) is 3.47. The molecule has 2 aromatic heterocycles. The first-order valence-electron chi connectivity index (χ1n) is 8.83. The Hall–Kier alpha value is -2.78. The first kappa shape index (κ1) is 18.6. The number of sulfonamides is 1. The summed E-state index contributed by atoms with van der Waals surface area (Å²) in [5.74, 6) is -0.453. The zero-order valence-corrected chi connectivity index (χ0v) is 16.1. The highest BCUT2D eigenvalue weighted by Crippen LogP contribution is 2.33. The highest BCUT2D eigenvalue weighted by Gasteiger charge is 2.41. The molecule has 0 aliphatic carbocycles. The number of hydrogen-bond donors (Lipinski definition) is 1. The minimum Gasteiger partial charge on any atom is -0.380 e. The predicted octanol–water partition coefficient (Wildman–Crippen LogP) is 2.22. The molecule has 9 heteroatoms. The van der Waals surface area contributed by atoms with E-state index in [0.29, 0.717) is 0 Å². The van der Waals surface area contributed by atoms with Crippen LogP contribution in [-0.2, 0) is 17.1 Å². The van der Waals surface area contributed by atoms with Gasteiger partial charge in [-0.15, -0.1) is 0 Å². The van der Waals surface area contributed by atoms with Gasteiger partial charge in [-0.1, -0.05) is 12.1 Å². The lowest BCUT2D eigenvalue weighted by Crippen LogP contribution is -2.32. The molecular formula is C19H20FN5O2S. The van der Waals surface area contributed by atoms with Gasteiger partial charge in [-0.25, -0.2) is 17.8 Å².